The molecule has 0 saturated carbocycles. The fourth-order valence-corrected chi connectivity index (χ4v) is 1.35. The molecule has 0 saturated heterocycles. The largest absolute Gasteiger partial charge is 0.268 e. The van der Waals surface area contributed by atoms with Gasteiger partial charge in [-0.2, -0.15) is 0 Å². The van der Waals surface area contributed by atoms with Crippen molar-refractivity contribution >= 4 is 11.6 Å². The zero-order valence-electron chi connectivity index (χ0n) is 7.62. The molecule has 0 aliphatic carbocycles. The summed E-state index contributed by atoms with van der Waals surface area (Å²) in [6.45, 7) is 1.77. The summed E-state index contributed by atoms with van der Waals surface area (Å²) in [5, 5.41) is 3.38. The SMILES string of the molecule is Cc1cn(-c2ccc(Cl)cc2)[nH]c1=O. The normalized spacial score (nSPS) is 10.4. The van der Waals surface area contributed by atoms with Crippen LogP contribution in [0.5, 0.6) is 0 Å². The van der Waals surface area contributed by atoms with Crippen molar-refractivity contribution in [3.05, 3.63) is 51.4 Å². The lowest BCUT2D eigenvalue weighted by atomic mass is 10.3. The van der Waals surface area contributed by atoms with Crippen LogP contribution in [0.4, 0.5) is 0 Å². The van der Waals surface area contributed by atoms with Gasteiger partial charge in [-0.3, -0.25) is 14.6 Å². The van der Waals surface area contributed by atoms with Crippen LogP contribution in [0, 0.1) is 6.92 Å². The van der Waals surface area contributed by atoms with Gasteiger partial charge in [0, 0.05) is 16.8 Å². The van der Waals surface area contributed by atoms with Crippen LogP contribution >= 0.6 is 11.6 Å². The van der Waals surface area contributed by atoms with Crippen molar-refractivity contribution in [3.8, 4) is 5.69 Å². The van der Waals surface area contributed by atoms with Crippen LogP contribution in [0.15, 0.2) is 35.3 Å². The minimum Gasteiger partial charge on any atom is -0.268 e. The van der Waals surface area contributed by atoms with Gasteiger partial charge in [0.25, 0.3) is 5.56 Å². The maximum absolute atomic E-state index is 11.2. The Labute approximate surface area is 85.9 Å². The van der Waals surface area contributed by atoms with Gasteiger partial charge in [0.15, 0.2) is 0 Å². The first-order chi connectivity index (χ1) is 6.66. The molecule has 0 bridgehead atoms. The molecule has 2 aromatic rings. The van der Waals surface area contributed by atoms with Gasteiger partial charge in [0.05, 0.1) is 5.69 Å². The predicted octanol–water partition coefficient (Wildman–Crippen LogP) is 2.13. The molecule has 0 unspecified atom stereocenters. The average Bonchev–Trinajstić information content (AvgIpc) is 2.48. The van der Waals surface area contributed by atoms with E-state index in [1.165, 1.54) is 0 Å². The van der Waals surface area contributed by atoms with Gasteiger partial charge in [-0.25, -0.2) is 0 Å². The Balaban J connectivity index is 2.49. The maximum Gasteiger partial charge on any atom is 0.267 e. The Bertz CT molecular complexity index is 496. The molecule has 0 aliphatic heterocycles. The van der Waals surface area contributed by atoms with E-state index in [1.807, 2.05) is 12.1 Å². The van der Waals surface area contributed by atoms with Crippen LogP contribution in [-0.4, -0.2) is 9.78 Å². The lowest BCUT2D eigenvalue weighted by Gasteiger charge is -2.00. The van der Waals surface area contributed by atoms with Gasteiger partial charge in [-0.1, -0.05) is 11.6 Å². The zero-order valence-corrected chi connectivity index (χ0v) is 8.38. The Morgan fingerprint density at radius 1 is 1.29 bits per heavy atom. The number of H-pyrrole nitrogens is 1. The quantitative estimate of drug-likeness (QED) is 0.766. The summed E-state index contributed by atoms with van der Waals surface area (Å²) < 4.78 is 1.67. The van der Waals surface area contributed by atoms with E-state index < -0.39 is 0 Å². The summed E-state index contributed by atoms with van der Waals surface area (Å²) in [4.78, 5) is 11.2. The number of nitrogens with zero attached hydrogens (tertiary/aromatic N) is 1. The van der Waals surface area contributed by atoms with Crippen molar-refractivity contribution in [2.24, 2.45) is 0 Å². The molecule has 1 heterocycles. The van der Waals surface area contributed by atoms with Gasteiger partial charge in [-0.05, 0) is 31.2 Å². The molecular weight excluding hydrogens is 200 g/mol. The number of hydrogen-bond donors (Lipinski definition) is 1. The molecule has 14 heavy (non-hydrogen) atoms. The second-order valence-electron chi connectivity index (χ2n) is 3.10. The van der Waals surface area contributed by atoms with Crippen molar-refractivity contribution in [1.29, 1.82) is 0 Å². The predicted molar refractivity (Wildman–Crippen MR) is 56.1 cm³/mol. The van der Waals surface area contributed by atoms with E-state index in [1.54, 1.807) is 29.9 Å². The highest BCUT2D eigenvalue weighted by Gasteiger charge is 2.00. The maximum atomic E-state index is 11.2. The number of hydrogen-bond acceptors (Lipinski definition) is 1. The van der Waals surface area contributed by atoms with Crippen LogP contribution in [-0.2, 0) is 0 Å². The molecule has 0 amide bonds. The smallest absolute Gasteiger partial charge is 0.267 e. The third kappa shape index (κ3) is 1.59. The Kier molecular flexibility index (Phi) is 2.17. The Hall–Kier alpha value is -1.48. The molecule has 0 atom stereocenters. The van der Waals surface area contributed by atoms with Crippen LogP contribution in [0.1, 0.15) is 5.56 Å². The molecular formula is C10H9ClN2O. The van der Waals surface area contributed by atoms with Gasteiger partial charge in [0.2, 0.25) is 0 Å². The molecule has 2 rings (SSSR count). The van der Waals surface area contributed by atoms with E-state index in [9.17, 15) is 4.79 Å². The Morgan fingerprint density at radius 3 is 2.43 bits per heavy atom. The third-order valence-corrected chi connectivity index (χ3v) is 2.26. The summed E-state index contributed by atoms with van der Waals surface area (Å²) >= 11 is 5.75. The van der Waals surface area contributed by atoms with Crippen LogP contribution in [0.3, 0.4) is 0 Å². The topological polar surface area (TPSA) is 37.8 Å². The molecule has 0 fully saturated rings. The first-order valence-electron chi connectivity index (χ1n) is 4.21. The number of aromatic nitrogens is 2. The van der Waals surface area contributed by atoms with E-state index in [2.05, 4.69) is 5.10 Å². The minimum atomic E-state index is -0.0695. The fourth-order valence-electron chi connectivity index (χ4n) is 1.22. The Morgan fingerprint density at radius 2 is 1.93 bits per heavy atom. The van der Waals surface area contributed by atoms with Crippen molar-refractivity contribution in [3.63, 3.8) is 0 Å². The van der Waals surface area contributed by atoms with Crippen molar-refractivity contribution in [1.82, 2.24) is 9.78 Å². The molecule has 3 nitrogen and oxygen atoms in total. The monoisotopic (exact) mass is 208 g/mol. The first-order valence-corrected chi connectivity index (χ1v) is 4.59. The van der Waals surface area contributed by atoms with Gasteiger partial charge < -0.3 is 0 Å². The first kappa shape index (κ1) is 9.09. The molecule has 72 valence electrons. The zero-order chi connectivity index (χ0) is 10.1. The summed E-state index contributed by atoms with van der Waals surface area (Å²) in [5.41, 5.74) is 1.51. The standard InChI is InChI=1S/C10H9ClN2O/c1-7-6-13(12-10(7)14)9-4-2-8(11)3-5-9/h2-6H,1H3,(H,12,14). The van der Waals surface area contributed by atoms with Crippen LogP contribution in [0.25, 0.3) is 5.69 Å². The summed E-state index contributed by atoms with van der Waals surface area (Å²) in [7, 11) is 0. The molecule has 0 aliphatic rings. The fraction of sp³-hybridized carbons (Fsp3) is 0.100. The summed E-state index contributed by atoms with van der Waals surface area (Å²) in [6, 6.07) is 7.25. The van der Waals surface area contributed by atoms with Gasteiger partial charge in [-0.15, -0.1) is 0 Å². The van der Waals surface area contributed by atoms with Gasteiger partial charge >= 0.3 is 0 Å². The highest BCUT2D eigenvalue weighted by atomic mass is 35.5. The number of aryl methyl sites for hydroxylation is 1. The third-order valence-electron chi connectivity index (χ3n) is 2.01. The van der Waals surface area contributed by atoms with Gasteiger partial charge in [0.1, 0.15) is 0 Å². The van der Waals surface area contributed by atoms with E-state index in [0.717, 1.165) is 5.69 Å². The molecule has 0 radical (unpaired) electrons. The number of aromatic amines is 1. The number of halogens is 1. The summed E-state index contributed by atoms with van der Waals surface area (Å²) in [6.07, 6.45) is 1.76. The molecule has 1 aromatic carbocycles. The van der Waals surface area contributed by atoms with Crippen molar-refractivity contribution < 1.29 is 0 Å². The van der Waals surface area contributed by atoms with Crippen molar-refractivity contribution in [2.45, 2.75) is 6.92 Å². The summed E-state index contributed by atoms with van der Waals surface area (Å²) in [5.74, 6) is 0. The molecule has 0 spiro atoms. The lowest BCUT2D eigenvalue weighted by molar-refractivity contribution is 0.864. The van der Waals surface area contributed by atoms with E-state index in [4.69, 9.17) is 11.6 Å². The minimum absolute atomic E-state index is 0.0695. The van der Waals surface area contributed by atoms with E-state index in [0.29, 0.717) is 10.6 Å². The average molecular weight is 209 g/mol. The lowest BCUT2D eigenvalue weighted by Crippen LogP contribution is -2.04. The molecule has 4 heteroatoms. The highest BCUT2D eigenvalue weighted by Crippen LogP contribution is 2.12. The second kappa shape index (κ2) is 3.35. The van der Waals surface area contributed by atoms with Crippen LogP contribution < -0.4 is 5.56 Å². The number of nitrogens with one attached hydrogen (secondary N) is 1. The highest BCUT2D eigenvalue weighted by molar-refractivity contribution is 6.30. The number of rotatable bonds is 1. The second-order valence-corrected chi connectivity index (χ2v) is 3.54. The van der Waals surface area contributed by atoms with Crippen LogP contribution in [0.2, 0.25) is 5.02 Å². The van der Waals surface area contributed by atoms with E-state index >= 15 is 0 Å². The van der Waals surface area contributed by atoms with E-state index in [-0.39, 0.29) is 5.56 Å². The molecule has 1 aromatic heterocycles. The van der Waals surface area contributed by atoms with Crippen molar-refractivity contribution in [2.75, 3.05) is 0 Å². The number of benzene rings is 1. The molecule has 1 N–H and O–H groups in total.